The van der Waals surface area contributed by atoms with Crippen LogP contribution in [0.4, 0.5) is 0 Å². The van der Waals surface area contributed by atoms with Gasteiger partial charge in [0.15, 0.2) is 0 Å². The molecule has 33 heavy (non-hydrogen) atoms. The summed E-state index contributed by atoms with van der Waals surface area (Å²) in [5.74, 6) is -0.574. The van der Waals surface area contributed by atoms with E-state index in [2.05, 4.69) is 31.3 Å². The first-order valence-electron chi connectivity index (χ1n) is 11.5. The molecule has 0 unspecified atom stereocenters. The maximum Gasteiger partial charge on any atom is 0.339 e. The summed E-state index contributed by atoms with van der Waals surface area (Å²) in [6.45, 7) is 5.18. The van der Waals surface area contributed by atoms with Gasteiger partial charge in [-0.1, -0.05) is 74.0 Å². The fourth-order valence-corrected chi connectivity index (χ4v) is 3.69. The van der Waals surface area contributed by atoms with Crippen LogP contribution < -0.4 is 10.1 Å². The van der Waals surface area contributed by atoms with E-state index in [0.717, 1.165) is 36.0 Å². The molecule has 0 radical (unpaired) electrons. The largest absolute Gasteiger partial charge is 0.493 e. The summed E-state index contributed by atoms with van der Waals surface area (Å²) >= 11 is 0. The van der Waals surface area contributed by atoms with Gasteiger partial charge < -0.3 is 20.3 Å². The van der Waals surface area contributed by atoms with E-state index in [1.54, 1.807) is 6.07 Å². The predicted octanol–water partition coefficient (Wildman–Crippen LogP) is 5.48. The average Bonchev–Trinajstić information content (AvgIpc) is 2.83. The fraction of sp³-hybridized carbons (Fsp3) is 0.321. The number of unbranched alkanes of at least 4 members (excludes halogenated alkanes) is 1. The van der Waals surface area contributed by atoms with Crippen LogP contribution in [0.3, 0.4) is 0 Å². The minimum absolute atomic E-state index is 0.184. The van der Waals surface area contributed by atoms with Crippen LogP contribution in [-0.4, -0.2) is 35.4 Å². The molecule has 0 saturated carbocycles. The van der Waals surface area contributed by atoms with Crippen molar-refractivity contribution < 1.29 is 19.7 Å². The standard InChI is InChI=1S/C28H33NO4/c1-3-4-16-33-27-18-24(14-15-25(27)28(31)32)22-12-10-21(11-13-22)17-20(2)29-19-26(30)23-8-6-5-7-9-23/h5-15,18,20,26,29-30H,3-4,16-17,19H2,1-2H3,(H,31,32)/t20-,26+/m1/s1. The molecule has 0 aromatic heterocycles. The first-order chi connectivity index (χ1) is 16.0. The Bertz CT molecular complexity index is 1020. The van der Waals surface area contributed by atoms with E-state index in [0.29, 0.717) is 18.9 Å². The van der Waals surface area contributed by atoms with Gasteiger partial charge >= 0.3 is 5.97 Å². The second-order valence-electron chi connectivity index (χ2n) is 8.35. The van der Waals surface area contributed by atoms with Crippen molar-refractivity contribution in [2.75, 3.05) is 13.2 Å². The molecule has 0 aliphatic heterocycles. The lowest BCUT2D eigenvalue weighted by Gasteiger charge is -2.18. The van der Waals surface area contributed by atoms with Gasteiger partial charge in [0.1, 0.15) is 11.3 Å². The Kier molecular flexibility index (Phi) is 9.04. The molecule has 0 saturated heterocycles. The number of nitrogens with one attached hydrogen (secondary N) is 1. The SMILES string of the molecule is CCCCOc1cc(-c2ccc(C[C@@H](C)NC[C@H](O)c3ccccc3)cc2)ccc1C(=O)O. The van der Waals surface area contributed by atoms with Gasteiger partial charge in [0.05, 0.1) is 12.7 Å². The fourth-order valence-electron chi connectivity index (χ4n) is 3.69. The number of carboxylic acids is 1. The topological polar surface area (TPSA) is 78.8 Å². The molecule has 0 fully saturated rings. The number of aromatic carboxylic acids is 1. The number of rotatable bonds is 12. The van der Waals surface area contributed by atoms with Gasteiger partial charge in [-0.3, -0.25) is 0 Å². The average molecular weight is 448 g/mol. The highest BCUT2D eigenvalue weighted by molar-refractivity contribution is 5.92. The third-order valence-corrected chi connectivity index (χ3v) is 5.64. The van der Waals surface area contributed by atoms with E-state index < -0.39 is 12.1 Å². The van der Waals surface area contributed by atoms with Crippen molar-refractivity contribution >= 4 is 5.97 Å². The number of carboxylic acid groups (broad SMARTS) is 1. The van der Waals surface area contributed by atoms with Gasteiger partial charge in [-0.05, 0) is 54.2 Å². The molecular weight excluding hydrogens is 414 g/mol. The second-order valence-corrected chi connectivity index (χ2v) is 8.35. The molecule has 0 bridgehead atoms. The van der Waals surface area contributed by atoms with Crippen molar-refractivity contribution in [1.82, 2.24) is 5.32 Å². The molecule has 174 valence electrons. The minimum atomic E-state index is -0.984. The Labute approximate surface area is 196 Å². The molecule has 0 aliphatic rings. The summed E-state index contributed by atoms with van der Waals surface area (Å²) < 4.78 is 5.75. The van der Waals surface area contributed by atoms with Crippen LogP contribution in [-0.2, 0) is 6.42 Å². The highest BCUT2D eigenvalue weighted by Crippen LogP contribution is 2.28. The van der Waals surface area contributed by atoms with Crippen LogP contribution in [0, 0.1) is 0 Å². The van der Waals surface area contributed by atoms with Crippen LogP contribution >= 0.6 is 0 Å². The van der Waals surface area contributed by atoms with Gasteiger partial charge in [0, 0.05) is 12.6 Å². The van der Waals surface area contributed by atoms with Crippen LogP contribution in [0.5, 0.6) is 5.75 Å². The highest BCUT2D eigenvalue weighted by atomic mass is 16.5. The zero-order valence-corrected chi connectivity index (χ0v) is 19.3. The number of benzene rings is 3. The van der Waals surface area contributed by atoms with Gasteiger partial charge in [-0.25, -0.2) is 4.79 Å². The lowest BCUT2D eigenvalue weighted by molar-refractivity contribution is 0.0692. The Morgan fingerprint density at radius 3 is 2.36 bits per heavy atom. The first-order valence-corrected chi connectivity index (χ1v) is 11.5. The normalized spacial score (nSPS) is 12.8. The maximum absolute atomic E-state index is 11.5. The second kappa shape index (κ2) is 12.2. The third kappa shape index (κ3) is 7.17. The summed E-state index contributed by atoms with van der Waals surface area (Å²) in [7, 11) is 0. The van der Waals surface area contributed by atoms with E-state index in [-0.39, 0.29) is 11.6 Å². The zero-order valence-electron chi connectivity index (χ0n) is 19.3. The minimum Gasteiger partial charge on any atom is -0.493 e. The number of carbonyl (C=O) groups is 1. The number of aliphatic hydroxyl groups is 1. The van der Waals surface area contributed by atoms with Gasteiger partial charge in [-0.15, -0.1) is 0 Å². The van der Waals surface area contributed by atoms with Gasteiger partial charge in [0.2, 0.25) is 0 Å². The lowest BCUT2D eigenvalue weighted by Crippen LogP contribution is -2.32. The molecule has 3 aromatic rings. The molecule has 0 aliphatic carbocycles. The summed E-state index contributed by atoms with van der Waals surface area (Å²) in [5, 5.41) is 23.2. The zero-order chi connectivity index (χ0) is 23.6. The smallest absolute Gasteiger partial charge is 0.339 e. The van der Waals surface area contributed by atoms with Crippen molar-refractivity contribution in [1.29, 1.82) is 0 Å². The molecular formula is C28H33NO4. The van der Waals surface area contributed by atoms with Crippen LogP contribution in [0.15, 0.2) is 72.8 Å². The Morgan fingerprint density at radius 2 is 1.70 bits per heavy atom. The summed E-state index contributed by atoms with van der Waals surface area (Å²) in [6.07, 6.45) is 2.18. The number of hydrogen-bond acceptors (Lipinski definition) is 4. The highest BCUT2D eigenvalue weighted by Gasteiger charge is 2.13. The number of aliphatic hydroxyl groups excluding tert-OH is 1. The molecule has 2 atom stereocenters. The molecule has 3 rings (SSSR count). The molecule has 3 aromatic carbocycles. The molecule has 3 N–H and O–H groups in total. The third-order valence-electron chi connectivity index (χ3n) is 5.64. The van der Waals surface area contributed by atoms with E-state index in [9.17, 15) is 15.0 Å². The summed E-state index contributed by atoms with van der Waals surface area (Å²) in [5.41, 5.74) is 4.22. The van der Waals surface area contributed by atoms with Crippen molar-refractivity contribution in [3.8, 4) is 16.9 Å². The van der Waals surface area contributed by atoms with Crippen molar-refractivity contribution in [3.05, 3.63) is 89.5 Å². The van der Waals surface area contributed by atoms with E-state index >= 15 is 0 Å². The first kappa shape index (κ1) is 24.5. The summed E-state index contributed by atoms with van der Waals surface area (Å²) in [6, 6.07) is 23.4. The maximum atomic E-state index is 11.5. The van der Waals surface area contributed by atoms with Crippen molar-refractivity contribution in [2.45, 2.75) is 45.3 Å². The molecule has 0 spiro atoms. The monoisotopic (exact) mass is 447 g/mol. The van der Waals surface area contributed by atoms with Crippen molar-refractivity contribution in [3.63, 3.8) is 0 Å². The quantitative estimate of drug-likeness (QED) is 0.320. The lowest BCUT2D eigenvalue weighted by atomic mass is 9.99. The van der Waals surface area contributed by atoms with Crippen LogP contribution in [0.1, 0.15) is 54.3 Å². The Morgan fingerprint density at radius 1 is 1.00 bits per heavy atom. The summed E-state index contributed by atoms with van der Waals surface area (Å²) in [4.78, 5) is 11.5. The van der Waals surface area contributed by atoms with Crippen LogP contribution in [0.25, 0.3) is 11.1 Å². The van der Waals surface area contributed by atoms with E-state index in [1.807, 2.05) is 54.6 Å². The predicted molar refractivity (Wildman–Crippen MR) is 132 cm³/mol. The van der Waals surface area contributed by atoms with Gasteiger partial charge in [0.25, 0.3) is 0 Å². The number of hydrogen-bond donors (Lipinski definition) is 3. The number of ether oxygens (including phenoxy) is 1. The van der Waals surface area contributed by atoms with Crippen LogP contribution in [0.2, 0.25) is 0 Å². The van der Waals surface area contributed by atoms with E-state index in [4.69, 9.17) is 4.74 Å². The molecule has 5 nitrogen and oxygen atoms in total. The molecule has 0 amide bonds. The van der Waals surface area contributed by atoms with Gasteiger partial charge in [-0.2, -0.15) is 0 Å². The molecule has 5 heteroatoms. The van der Waals surface area contributed by atoms with Crippen molar-refractivity contribution in [2.24, 2.45) is 0 Å². The Hall–Kier alpha value is -3.15. The Balaban J connectivity index is 1.61. The molecule has 0 heterocycles. The van der Waals surface area contributed by atoms with E-state index in [1.165, 1.54) is 5.56 Å².